The zero-order chi connectivity index (χ0) is 18.7. The van der Waals surface area contributed by atoms with Crippen molar-refractivity contribution in [1.29, 1.82) is 0 Å². The number of nitro benzene ring substituents is 1. The highest BCUT2D eigenvalue weighted by molar-refractivity contribution is 6.35. The molecule has 26 heavy (non-hydrogen) atoms. The van der Waals surface area contributed by atoms with Gasteiger partial charge >= 0.3 is 0 Å². The van der Waals surface area contributed by atoms with Crippen LogP contribution in [-0.2, 0) is 6.54 Å². The standard InChI is InChI=1S/C17H12Cl2N4O3/c18-13-5-3-6-14(19)12(13)10-22-9-8-16(21-22)20-17(24)11-4-1-2-7-15(11)23(25)26/h1-9H,10H2,(H,20,21,24). The number of nitro groups is 1. The molecule has 0 aliphatic heterocycles. The number of rotatable bonds is 5. The van der Waals surface area contributed by atoms with Crippen molar-refractivity contribution in [3.05, 3.63) is 86.0 Å². The largest absolute Gasteiger partial charge is 0.305 e. The summed E-state index contributed by atoms with van der Waals surface area (Å²) in [5, 5.41) is 18.8. The van der Waals surface area contributed by atoms with Crippen molar-refractivity contribution in [1.82, 2.24) is 9.78 Å². The normalized spacial score (nSPS) is 10.5. The Morgan fingerprint density at radius 3 is 2.50 bits per heavy atom. The van der Waals surface area contributed by atoms with E-state index in [0.29, 0.717) is 22.2 Å². The second-order valence-electron chi connectivity index (χ2n) is 5.33. The van der Waals surface area contributed by atoms with Crippen LogP contribution in [0.3, 0.4) is 0 Å². The molecule has 0 aliphatic carbocycles. The lowest BCUT2D eigenvalue weighted by molar-refractivity contribution is -0.385. The molecule has 1 amide bonds. The van der Waals surface area contributed by atoms with Crippen molar-refractivity contribution in [3.63, 3.8) is 0 Å². The van der Waals surface area contributed by atoms with Crippen LogP contribution in [-0.4, -0.2) is 20.6 Å². The van der Waals surface area contributed by atoms with E-state index >= 15 is 0 Å². The molecule has 0 bridgehead atoms. The summed E-state index contributed by atoms with van der Waals surface area (Å²) in [7, 11) is 0. The highest BCUT2D eigenvalue weighted by atomic mass is 35.5. The number of benzene rings is 2. The van der Waals surface area contributed by atoms with E-state index in [9.17, 15) is 14.9 Å². The molecule has 0 spiro atoms. The Morgan fingerprint density at radius 1 is 1.12 bits per heavy atom. The van der Waals surface area contributed by atoms with Crippen molar-refractivity contribution in [2.24, 2.45) is 0 Å². The van der Waals surface area contributed by atoms with Gasteiger partial charge in [-0.25, -0.2) is 0 Å². The third-order valence-electron chi connectivity index (χ3n) is 3.61. The van der Waals surface area contributed by atoms with E-state index < -0.39 is 10.8 Å². The van der Waals surface area contributed by atoms with E-state index in [1.807, 2.05) is 0 Å². The van der Waals surface area contributed by atoms with Gasteiger partial charge in [0.25, 0.3) is 11.6 Å². The third-order valence-corrected chi connectivity index (χ3v) is 4.32. The second-order valence-corrected chi connectivity index (χ2v) is 6.14. The first kappa shape index (κ1) is 17.9. The van der Waals surface area contributed by atoms with Crippen molar-refractivity contribution in [2.45, 2.75) is 6.54 Å². The smallest absolute Gasteiger partial charge is 0.282 e. The van der Waals surface area contributed by atoms with Gasteiger partial charge in [0.2, 0.25) is 0 Å². The van der Waals surface area contributed by atoms with Gasteiger partial charge in [-0.15, -0.1) is 0 Å². The average Bonchev–Trinajstić information content (AvgIpc) is 3.05. The maximum absolute atomic E-state index is 12.3. The number of carbonyl (C=O) groups excluding carboxylic acids is 1. The number of hydrogen-bond donors (Lipinski definition) is 1. The predicted molar refractivity (Wildman–Crippen MR) is 98.8 cm³/mol. The molecule has 1 N–H and O–H groups in total. The van der Waals surface area contributed by atoms with Gasteiger partial charge in [0, 0.05) is 33.9 Å². The summed E-state index contributed by atoms with van der Waals surface area (Å²) < 4.78 is 1.56. The van der Waals surface area contributed by atoms with E-state index in [-0.39, 0.29) is 17.1 Å². The van der Waals surface area contributed by atoms with Gasteiger partial charge in [0.15, 0.2) is 5.82 Å². The molecular weight excluding hydrogens is 379 g/mol. The average molecular weight is 391 g/mol. The van der Waals surface area contributed by atoms with Gasteiger partial charge in [-0.1, -0.05) is 41.4 Å². The van der Waals surface area contributed by atoms with Crippen molar-refractivity contribution in [2.75, 3.05) is 5.32 Å². The maximum atomic E-state index is 12.3. The molecule has 9 heteroatoms. The van der Waals surface area contributed by atoms with Gasteiger partial charge < -0.3 is 5.32 Å². The third kappa shape index (κ3) is 3.84. The summed E-state index contributed by atoms with van der Waals surface area (Å²) in [5.74, 6) is -0.352. The van der Waals surface area contributed by atoms with E-state index in [1.54, 1.807) is 41.2 Å². The Kier molecular flexibility index (Phi) is 5.20. The fourth-order valence-electron chi connectivity index (χ4n) is 2.37. The minimum absolute atomic E-state index is 0.0406. The Morgan fingerprint density at radius 2 is 1.81 bits per heavy atom. The monoisotopic (exact) mass is 390 g/mol. The molecule has 1 heterocycles. The summed E-state index contributed by atoms with van der Waals surface area (Å²) in [4.78, 5) is 22.7. The molecule has 7 nitrogen and oxygen atoms in total. The molecule has 0 radical (unpaired) electrons. The molecule has 0 unspecified atom stereocenters. The number of aromatic nitrogens is 2. The Hall–Kier alpha value is -2.90. The minimum atomic E-state index is -0.613. The Balaban J connectivity index is 1.77. The lowest BCUT2D eigenvalue weighted by Crippen LogP contribution is -2.14. The first-order valence-electron chi connectivity index (χ1n) is 7.47. The summed E-state index contributed by atoms with van der Waals surface area (Å²) in [6.07, 6.45) is 1.65. The van der Waals surface area contributed by atoms with Crippen molar-refractivity contribution >= 4 is 40.6 Å². The van der Waals surface area contributed by atoms with Crippen LogP contribution >= 0.6 is 23.2 Å². The van der Waals surface area contributed by atoms with E-state index in [0.717, 1.165) is 0 Å². The fourth-order valence-corrected chi connectivity index (χ4v) is 2.89. The second kappa shape index (κ2) is 7.55. The van der Waals surface area contributed by atoms with Crippen LogP contribution in [0.2, 0.25) is 10.0 Å². The lowest BCUT2D eigenvalue weighted by atomic mass is 10.1. The first-order chi connectivity index (χ1) is 12.5. The molecule has 3 aromatic rings. The quantitative estimate of drug-likeness (QED) is 0.516. The molecule has 1 aromatic heterocycles. The lowest BCUT2D eigenvalue weighted by Gasteiger charge is -2.07. The van der Waals surface area contributed by atoms with Gasteiger partial charge in [-0.3, -0.25) is 19.6 Å². The summed E-state index contributed by atoms with van der Waals surface area (Å²) in [5.41, 5.74) is 0.393. The number of hydrogen-bond acceptors (Lipinski definition) is 4. The van der Waals surface area contributed by atoms with Crippen LogP contribution in [0.5, 0.6) is 0 Å². The zero-order valence-electron chi connectivity index (χ0n) is 13.2. The molecule has 0 saturated heterocycles. The molecule has 132 valence electrons. The SMILES string of the molecule is O=C(Nc1ccn(Cc2c(Cl)cccc2Cl)n1)c1ccccc1[N+](=O)[O-]. The number of nitrogens with one attached hydrogen (secondary N) is 1. The summed E-state index contributed by atoms with van der Waals surface area (Å²) in [6.45, 7) is 0.319. The molecule has 0 aliphatic rings. The number of carbonyl (C=O) groups is 1. The molecule has 3 rings (SSSR count). The number of halogens is 2. The van der Waals surface area contributed by atoms with Crippen molar-refractivity contribution < 1.29 is 9.72 Å². The molecule has 0 atom stereocenters. The number of nitrogens with zero attached hydrogens (tertiary/aromatic N) is 3. The van der Waals surface area contributed by atoms with Crippen molar-refractivity contribution in [3.8, 4) is 0 Å². The molecule has 0 fully saturated rings. The molecule has 2 aromatic carbocycles. The number of para-hydroxylation sites is 1. The fraction of sp³-hybridized carbons (Fsp3) is 0.0588. The van der Waals surface area contributed by atoms with E-state index in [2.05, 4.69) is 10.4 Å². The number of amides is 1. The Bertz CT molecular complexity index is 967. The van der Waals surface area contributed by atoms with E-state index in [4.69, 9.17) is 23.2 Å². The topological polar surface area (TPSA) is 90.1 Å². The Labute approximate surface area is 158 Å². The van der Waals surface area contributed by atoms with Crippen LogP contribution in [0.15, 0.2) is 54.7 Å². The minimum Gasteiger partial charge on any atom is -0.305 e. The van der Waals surface area contributed by atoms with E-state index in [1.165, 1.54) is 18.2 Å². The highest BCUT2D eigenvalue weighted by Crippen LogP contribution is 2.25. The van der Waals surface area contributed by atoms with Crippen LogP contribution in [0, 0.1) is 10.1 Å². The van der Waals surface area contributed by atoms with Crippen LogP contribution in [0.1, 0.15) is 15.9 Å². The van der Waals surface area contributed by atoms with Crippen LogP contribution in [0.25, 0.3) is 0 Å². The summed E-state index contributed by atoms with van der Waals surface area (Å²) >= 11 is 12.3. The zero-order valence-corrected chi connectivity index (χ0v) is 14.7. The van der Waals surface area contributed by atoms with Gasteiger partial charge in [-0.05, 0) is 18.2 Å². The number of anilines is 1. The molecule has 0 saturated carbocycles. The molecular formula is C17H12Cl2N4O3. The first-order valence-corrected chi connectivity index (χ1v) is 8.22. The summed E-state index contributed by atoms with van der Waals surface area (Å²) in [6, 6.07) is 12.5. The van der Waals surface area contributed by atoms with Gasteiger partial charge in [-0.2, -0.15) is 5.10 Å². The highest BCUT2D eigenvalue weighted by Gasteiger charge is 2.19. The van der Waals surface area contributed by atoms with Crippen LogP contribution < -0.4 is 5.32 Å². The van der Waals surface area contributed by atoms with Gasteiger partial charge in [0.05, 0.1) is 11.5 Å². The van der Waals surface area contributed by atoms with Gasteiger partial charge in [0.1, 0.15) is 5.56 Å². The predicted octanol–water partition coefficient (Wildman–Crippen LogP) is 4.40. The van der Waals surface area contributed by atoms with Crippen LogP contribution in [0.4, 0.5) is 11.5 Å². The maximum Gasteiger partial charge on any atom is 0.282 e.